The maximum absolute atomic E-state index is 14.0. The van der Waals surface area contributed by atoms with E-state index in [0.717, 1.165) is 76.0 Å². The third kappa shape index (κ3) is 18.9. The van der Waals surface area contributed by atoms with E-state index in [-0.39, 0.29) is 162 Å². The molecule has 0 saturated carbocycles. The summed E-state index contributed by atoms with van der Waals surface area (Å²) in [5, 5.41) is 0. The number of sulfone groups is 3. The van der Waals surface area contributed by atoms with Crippen LogP contribution in [0.15, 0.2) is 36.4 Å². The lowest BCUT2D eigenvalue weighted by molar-refractivity contribution is -0.137. The average molecular weight is 1400 g/mol. The molecule has 0 aliphatic carbocycles. The maximum atomic E-state index is 14.0. The van der Waals surface area contributed by atoms with Crippen LogP contribution in [0.3, 0.4) is 0 Å². The van der Waals surface area contributed by atoms with Crippen molar-refractivity contribution in [1.82, 2.24) is 14.7 Å². The van der Waals surface area contributed by atoms with E-state index in [0.29, 0.717) is 63.3 Å². The van der Waals surface area contributed by atoms with Gasteiger partial charge in [-0.15, -0.1) is 0 Å². The average Bonchev–Trinajstić information content (AvgIpc) is 1.61. The fraction of sp³-hybridized carbons (Fsp3) is 0.682. The number of hydrogen-bond acceptors (Lipinski definition) is 13. The van der Waals surface area contributed by atoms with Gasteiger partial charge in [0.15, 0.2) is 64.4 Å². The summed E-state index contributed by atoms with van der Waals surface area (Å²) in [5.41, 5.74) is 19.1. The van der Waals surface area contributed by atoms with Gasteiger partial charge in [-0.05, 0) is 189 Å². The fourth-order valence-corrected chi connectivity index (χ4v) is 18.5. The van der Waals surface area contributed by atoms with Crippen LogP contribution in [0.4, 0.5) is 39.5 Å². The van der Waals surface area contributed by atoms with Crippen molar-refractivity contribution in [3.05, 3.63) is 105 Å². The van der Waals surface area contributed by atoms with E-state index in [1.807, 2.05) is 14.7 Å². The van der Waals surface area contributed by atoms with E-state index >= 15 is 0 Å². The number of fused-ring (bicyclic) bond motifs is 6. The molecule has 7 heterocycles. The molecule has 0 spiro atoms. The number of hydrogen-bond donors (Lipinski definition) is 3. The normalized spacial score (nSPS) is 26.2. The van der Waals surface area contributed by atoms with Crippen molar-refractivity contribution in [3.63, 3.8) is 0 Å². The number of carbonyl (C=O) groups is 3. The molecule has 3 aromatic rings. The number of nitrogens with zero attached hydrogens (tertiary/aromatic N) is 3. The molecule has 28 heteroatoms. The topological polar surface area (TPSA) is 251 Å². The van der Waals surface area contributed by atoms with Crippen molar-refractivity contribution < 1.29 is 83.9 Å². The molecule has 3 aromatic carbocycles. The number of piperidine rings is 3. The first-order chi connectivity index (χ1) is 44.0. The van der Waals surface area contributed by atoms with Crippen LogP contribution in [-0.4, -0.2) is 158 Å². The summed E-state index contributed by atoms with van der Waals surface area (Å²) in [5.74, 6) is -10.3. The zero-order valence-electron chi connectivity index (χ0n) is 53.8. The van der Waals surface area contributed by atoms with Crippen LogP contribution in [0.25, 0.3) is 0 Å². The molecule has 3 amide bonds. The summed E-state index contributed by atoms with van der Waals surface area (Å²) >= 11 is 0. The molecule has 526 valence electrons. The number of nitrogens with two attached hydrogens (primary N) is 3. The fourth-order valence-electron chi connectivity index (χ4n) is 15.2. The van der Waals surface area contributed by atoms with Gasteiger partial charge in [-0.2, -0.15) is 0 Å². The van der Waals surface area contributed by atoms with Crippen molar-refractivity contribution in [2.45, 2.75) is 228 Å². The van der Waals surface area contributed by atoms with Crippen LogP contribution < -0.4 is 17.2 Å². The van der Waals surface area contributed by atoms with Gasteiger partial charge in [0.2, 0.25) is 17.7 Å². The van der Waals surface area contributed by atoms with E-state index < -0.39 is 105 Å². The molecule has 10 rings (SSSR count). The quantitative estimate of drug-likeness (QED) is 0.0666. The maximum Gasteiger partial charge on any atom is 0.224 e. The Morgan fingerprint density at radius 3 is 1.04 bits per heavy atom. The van der Waals surface area contributed by atoms with E-state index in [1.54, 1.807) is 27.7 Å². The van der Waals surface area contributed by atoms with Crippen molar-refractivity contribution in [2.24, 2.45) is 35.0 Å². The number of halogens is 9. The molecule has 16 nitrogen and oxygen atoms in total. The van der Waals surface area contributed by atoms with Crippen LogP contribution in [0.2, 0.25) is 0 Å². The molecule has 7 aliphatic rings. The van der Waals surface area contributed by atoms with Gasteiger partial charge in [-0.3, -0.25) is 14.4 Å². The highest BCUT2D eigenvalue weighted by molar-refractivity contribution is 7.92. The second-order valence-electron chi connectivity index (χ2n) is 28.0. The number of carbonyl (C=O) groups excluding carboxylic acids is 3. The summed E-state index contributed by atoms with van der Waals surface area (Å²) in [6, 6.07) is 2.75. The van der Waals surface area contributed by atoms with Crippen LogP contribution in [0.1, 0.15) is 160 Å². The number of amides is 3. The third-order valence-electron chi connectivity index (χ3n) is 20.5. The summed E-state index contributed by atoms with van der Waals surface area (Å²) < 4.78 is 200. The number of ether oxygens (including phenoxy) is 1. The van der Waals surface area contributed by atoms with Crippen LogP contribution >= 0.6 is 0 Å². The number of benzene rings is 3. The summed E-state index contributed by atoms with van der Waals surface area (Å²) in [4.78, 5) is 43.8. The predicted octanol–water partition coefficient (Wildman–Crippen LogP) is 9.03. The second kappa shape index (κ2) is 31.3. The number of rotatable bonds is 21. The highest BCUT2D eigenvalue weighted by Crippen LogP contribution is 2.44. The third-order valence-corrected chi connectivity index (χ3v) is 26.6. The first-order valence-corrected chi connectivity index (χ1v) is 38.2. The van der Waals surface area contributed by atoms with Crippen LogP contribution in [0, 0.1) is 70.1 Å². The largest absolute Gasteiger partial charge is 0.377 e. The predicted molar refractivity (Wildman–Crippen MR) is 337 cm³/mol. The second-order valence-corrected chi connectivity index (χ2v) is 35.5. The van der Waals surface area contributed by atoms with Gasteiger partial charge in [0, 0.05) is 104 Å². The Balaban J connectivity index is 0.000000182. The van der Waals surface area contributed by atoms with Gasteiger partial charge in [0.25, 0.3) is 0 Å². The van der Waals surface area contributed by atoms with Gasteiger partial charge >= 0.3 is 0 Å². The molecule has 13 atom stereocenters. The SMILES string of the molecule is CC(C)(C)S(=O)(=O)CCC(=O)N1[C@@H]2CC[C@H]1CC([C@H](N)Cc1cc(F)c(F)cc1F)C2.CCS(=O)(=O)CCC(=O)N1[C@@H]2CC[C@H]1CC([C@H](N)Cc1cc(F)c(F)cc1F)C2.N[C@H](Cc1cc(F)c(F)cc1F)C1C[C@H]2CC[C@@H](C1)N2C(=O)CCS(=O)(=O)CC1CCCCO1. The lowest BCUT2D eigenvalue weighted by Crippen LogP contribution is -2.50. The van der Waals surface area contributed by atoms with Crippen molar-refractivity contribution in [1.29, 1.82) is 0 Å². The molecule has 7 saturated heterocycles. The van der Waals surface area contributed by atoms with Crippen molar-refractivity contribution in [3.8, 4) is 0 Å². The highest BCUT2D eigenvalue weighted by Gasteiger charge is 2.48. The molecule has 0 radical (unpaired) electrons. The van der Waals surface area contributed by atoms with Gasteiger partial charge < -0.3 is 36.6 Å². The van der Waals surface area contributed by atoms with E-state index in [2.05, 4.69) is 0 Å². The minimum absolute atomic E-state index is 0.00330. The standard InChI is InChI=1S/C24H33F3N2O4S.C22H31F3N2O3S.C20H27F3N2O3S/c25-20-13-22(27)21(26)11-15(20)12-23(28)16-9-17-4-5-18(10-16)29(17)24(30)6-8-34(31,32)14-19-3-1-2-7-33-19;1-22(2,3)31(29,30)7-6-21(28)27-15-4-5-16(27)9-14(8-15)20(26)11-13-10-18(24)19(25)12-17(13)23;1-2-29(27,28)6-5-20(26)25-14-3-4-15(25)8-13(7-14)19(24)10-12-9-17(22)18(23)11-16(12)21/h11,13,16-19,23H,1-10,12,14,28H2;10,12,14-16,20H,4-9,11,26H2,1-3H3;9,11,13-15,19H,2-8,10,24H2,1H3/t16?,17-,18+,19?,23-;14?,15-,16+,20-;13?,14-,15+,19-/m111/s1. The molecule has 6 N–H and O–H groups in total. The Kier molecular flexibility index (Phi) is 25.0. The summed E-state index contributed by atoms with van der Waals surface area (Å²) in [6.45, 7) is 7.02. The van der Waals surface area contributed by atoms with Gasteiger partial charge in [-0.25, -0.2) is 64.8 Å². The molecule has 0 aromatic heterocycles. The molecule has 4 unspecified atom stereocenters. The molecule has 7 fully saturated rings. The van der Waals surface area contributed by atoms with Crippen LogP contribution in [0.5, 0.6) is 0 Å². The molecular weight excluding hydrogens is 1300 g/mol. The van der Waals surface area contributed by atoms with Crippen molar-refractivity contribution >= 4 is 47.2 Å². The van der Waals surface area contributed by atoms with Gasteiger partial charge in [-0.1, -0.05) is 6.92 Å². The minimum atomic E-state index is -3.38. The Morgan fingerprint density at radius 2 is 0.755 bits per heavy atom. The molecule has 6 bridgehead atoms. The lowest BCUT2D eigenvalue weighted by atomic mass is 9.82. The Bertz CT molecular complexity index is 3510. The van der Waals surface area contributed by atoms with Crippen LogP contribution in [-0.2, 0) is 67.9 Å². The van der Waals surface area contributed by atoms with E-state index in [4.69, 9.17) is 21.9 Å². The molecule has 7 aliphatic heterocycles. The smallest absolute Gasteiger partial charge is 0.224 e. The van der Waals surface area contributed by atoms with E-state index in [1.165, 1.54) is 0 Å². The zero-order chi connectivity index (χ0) is 68.9. The molecular formula is C66H91F9N6O10S3. The summed E-state index contributed by atoms with van der Waals surface area (Å²) in [6.07, 6.45) is 11.3. The first kappa shape index (κ1) is 74.9. The van der Waals surface area contributed by atoms with Crippen molar-refractivity contribution in [2.75, 3.05) is 35.4 Å². The Morgan fingerprint density at radius 1 is 0.457 bits per heavy atom. The Hall–Kier alpha value is -4.87. The van der Waals surface area contributed by atoms with Gasteiger partial charge in [0.1, 0.15) is 17.5 Å². The molecule has 94 heavy (non-hydrogen) atoms. The van der Waals surface area contributed by atoms with E-state index in [9.17, 15) is 79.2 Å². The zero-order valence-corrected chi connectivity index (χ0v) is 56.3. The van der Waals surface area contributed by atoms with Gasteiger partial charge in [0.05, 0.1) is 33.9 Å². The highest BCUT2D eigenvalue weighted by atomic mass is 32.2. The monoisotopic (exact) mass is 1390 g/mol. The minimum Gasteiger partial charge on any atom is -0.377 e. The lowest BCUT2D eigenvalue weighted by Gasteiger charge is -2.41. The summed E-state index contributed by atoms with van der Waals surface area (Å²) in [7, 11) is -9.96. The Labute approximate surface area is 546 Å². The first-order valence-electron chi connectivity index (χ1n) is 32.9.